The van der Waals surface area contributed by atoms with Gasteiger partial charge in [0.15, 0.2) is 0 Å². The lowest BCUT2D eigenvalue weighted by Gasteiger charge is -2.28. The number of fused-ring (bicyclic) bond motifs is 1. The standard InChI is InChI=1S/C19H18N2O5/c1-19(18(24)25-2)14-13(15(20-19)12-9-6-10-26-12)16(22)21(17(14)23)11-7-4-3-5-8-11/h3-10,13-15,20H,1-2H3/t13-,14-,15-,19-/m1/s1. The Kier molecular flexibility index (Phi) is 3.69. The largest absolute Gasteiger partial charge is 0.468 e. The molecule has 2 fully saturated rings. The summed E-state index contributed by atoms with van der Waals surface area (Å²) in [6.45, 7) is 1.60. The number of imide groups is 1. The van der Waals surface area contributed by atoms with Crippen LogP contribution in [0, 0.1) is 11.8 Å². The molecule has 2 saturated heterocycles. The van der Waals surface area contributed by atoms with Crippen LogP contribution in [0.2, 0.25) is 0 Å². The van der Waals surface area contributed by atoms with E-state index in [1.54, 1.807) is 49.4 Å². The van der Waals surface area contributed by atoms with E-state index in [0.717, 1.165) is 4.90 Å². The number of carbonyl (C=O) groups is 3. The Hall–Kier alpha value is -2.93. The van der Waals surface area contributed by atoms with Crippen molar-refractivity contribution in [1.82, 2.24) is 5.32 Å². The zero-order valence-corrected chi connectivity index (χ0v) is 14.3. The van der Waals surface area contributed by atoms with Gasteiger partial charge in [-0.05, 0) is 31.2 Å². The Morgan fingerprint density at radius 1 is 1.15 bits per heavy atom. The van der Waals surface area contributed by atoms with Crippen LogP contribution in [-0.2, 0) is 19.1 Å². The molecule has 1 aromatic heterocycles. The first-order valence-electron chi connectivity index (χ1n) is 8.31. The van der Waals surface area contributed by atoms with E-state index >= 15 is 0 Å². The van der Waals surface area contributed by atoms with Crippen LogP contribution in [0.15, 0.2) is 53.1 Å². The van der Waals surface area contributed by atoms with Crippen molar-refractivity contribution in [3.8, 4) is 0 Å². The molecule has 0 unspecified atom stereocenters. The summed E-state index contributed by atoms with van der Waals surface area (Å²) in [5.41, 5.74) is -0.838. The minimum absolute atomic E-state index is 0.354. The number of anilines is 1. The summed E-state index contributed by atoms with van der Waals surface area (Å²) in [5.74, 6) is -2.48. The average molecular weight is 354 g/mol. The number of methoxy groups -OCH3 is 1. The molecule has 4 rings (SSSR count). The van der Waals surface area contributed by atoms with Crippen LogP contribution in [0.3, 0.4) is 0 Å². The Balaban J connectivity index is 1.83. The fourth-order valence-corrected chi connectivity index (χ4v) is 4.08. The highest BCUT2D eigenvalue weighted by Crippen LogP contribution is 2.49. The molecule has 26 heavy (non-hydrogen) atoms. The van der Waals surface area contributed by atoms with E-state index in [-0.39, 0.29) is 5.91 Å². The molecule has 2 amide bonds. The Bertz CT molecular complexity index is 863. The predicted molar refractivity (Wildman–Crippen MR) is 90.9 cm³/mol. The second kappa shape index (κ2) is 5.81. The first-order chi connectivity index (χ1) is 12.5. The number of ether oxygens (including phenoxy) is 1. The van der Waals surface area contributed by atoms with Gasteiger partial charge in [0.1, 0.15) is 11.3 Å². The van der Waals surface area contributed by atoms with Gasteiger partial charge >= 0.3 is 5.97 Å². The topological polar surface area (TPSA) is 88.8 Å². The third-order valence-electron chi connectivity index (χ3n) is 5.26. The van der Waals surface area contributed by atoms with Crippen LogP contribution in [0.5, 0.6) is 0 Å². The van der Waals surface area contributed by atoms with Crippen LogP contribution in [0.4, 0.5) is 5.69 Å². The Morgan fingerprint density at radius 3 is 2.50 bits per heavy atom. The van der Waals surface area contributed by atoms with Crippen molar-refractivity contribution < 1.29 is 23.5 Å². The number of hydrogen-bond acceptors (Lipinski definition) is 6. The van der Waals surface area contributed by atoms with Gasteiger partial charge in [-0.2, -0.15) is 0 Å². The van der Waals surface area contributed by atoms with E-state index in [4.69, 9.17) is 9.15 Å². The van der Waals surface area contributed by atoms with Crippen molar-refractivity contribution in [2.45, 2.75) is 18.5 Å². The fraction of sp³-hybridized carbons (Fsp3) is 0.316. The van der Waals surface area contributed by atoms with Crippen LogP contribution in [0.25, 0.3) is 0 Å². The molecule has 134 valence electrons. The summed E-state index contributed by atoms with van der Waals surface area (Å²) in [5, 5.41) is 3.12. The molecule has 2 aromatic rings. The van der Waals surface area contributed by atoms with Crippen molar-refractivity contribution in [2.24, 2.45) is 11.8 Å². The lowest BCUT2D eigenvalue weighted by atomic mass is 9.81. The maximum atomic E-state index is 13.2. The molecule has 4 atom stereocenters. The zero-order valence-electron chi connectivity index (χ0n) is 14.3. The molecular weight excluding hydrogens is 336 g/mol. The predicted octanol–water partition coefficient (Wildman–Crippen LogP) is 1.66. The normalized spacial score (nSPS) is 30.5. The highest BCUT2D eigenvalue weighted by atomic mass is 16.5. The minimum Gasteiger partial charge on any atom is -0.468 e. The number of rotatable bonds is 3. The molecule has 7 heteroatoms. The number of benzene rings is 1. The SMILES string of the molecule is COC(=O)[C@]1(C)N[C@H](c2ccco2)[C@@H]2C(=O)N(c3ccccc3)C(=O)[C@@H]21. The minimum atomic E-state index is -1.33. The van der Waals surface area contributed by atoms with Gasteiger partial charge < -0.3 is 9.15 Å². The Labute approximate surface area is 149 Å². The third-order valence-corrected chi connectivity index (χ3v) is 5.26. The van der Waals surface area contributed by atoms with Crippen molar-refractivity contribution in [3.63, 3.8) is 0 Å². The smallest absolute Gasteiger partial charge is 0.326 e. The maximum Gasteiger partial charge on any atom is 0.326 e. The lowest BCUT2D eigenvalue weighted by molar-refractivity contribution is -0.151. The zero-order chi connectivity index (χ0) is 18.5. The average Bonchev–Trinajstić information content (AvgIpc) is 3.33. The van der Waals surface area contributed by atoms with E-state index in [1.165, 1.54) is 13.4 Å². The first kappa shape index (κ1) is 16.5. The number of para-hydroxylation sites is 1. The summed E-state index contributed by atoms with van der Waals surface area (Å²) < 4.78 is 10.4. The van der Waals surface area contributed by atoms with Crippen LogP contribution in [-0.4, -0.2) is 30.4 Å². The highest BCUT2D eigenvalue weighted by molar-refractivity contribution is 6.24. The van der Waals surface area contributed by atoms with Gasteiger partial charge in [-0.15, -0.1) is 0 Å². The number of hydrogen-bond donors (Lipinski definition) is 1. The van der Waals surface area contributed by atoms with E-state index in [1.807, 2.05) is 0 Å². The number of esters is 1. The van der Waals surface area contributed by atoms with Gasteiger partial charge in [-0.3, -0.25) is 19.7 Å². The van der Waals surface area contributed by atoms with E-state index in [0.29, 0.717) is 11.4 Å². The molecule has 1 aromatic carbocycles. The van der Waals surface area contributed by atoms with E-state index in [9.17, 15) is 14.4 Å². The van der Waals surface area contributed by atoms with Gasteiger partial charge in [0.05, 0.1) is 36.9 Å². The molecule has 0 saturated carbocycles. The molecular formula is C19H18N2O5. The second-order valence-corrected chi connectivity index (χ2v) is 6.68. The van der Waals surface area contributed by atoms with Gasteiger partial charge in [0, 0.05) is 0 Å². The summed E-state index contributed by atoms with van der Waals surface area (Å²) in [7, 11) is 1.26. The number of furan rings is 1. The van der Waals surface area contributed by atoms with Crippen molar-refractivity contribution >= 4 is 23.5 Å². The number of carbonyl (C=O) groups excluding carboxylic acids is 3. The Morgan fingerprint density at radius 2 is 1.88 bits per heavy atom. The fourth-order valence-electron chi connectivity index (χ4n) is 4.08. The van der Waals surface area contributed by atoms with Gasteiger partial charge in [0.2, 0.25) is 11.8 Å². The number of amides is 2. The van der Waals surface area contributed by atoms with E-state index < -0.39 is 35.3 Å². The molecule has 2 aliphatic rings. The molecule has 2 aliphatic heterocycles. The molecule has 0 radical (unpaired) electrons. The number of nitrogens with zero attached hydrogens (tertiary/aromatic N) is 1. The van der Waals surface area contributed by atoms with Gasteiger partial charge in [-0.1, -0.05) is 18.2 Å². The van der Waals surface area contributed by atoms with Crippen LogP contribution < -0.4 is 10.2 Å². The first-order valence-corrected chi connectivity index (χ1v) is 8.31. The monoisotopic (exact) mass is 354 g/mol. The lowest BCUT2D eigenvalue weighted by Crippen LogP contribution is -2.54. The third kappa shape index (κ3) is 2.13. The van der Waals surface area contributed by atoms with Crippen LogP contribution >= 0.6 is 0 Å². The molecule has 0 spiro atoms. The van der Waals surface area contributed by atoms with Crippen LogP contribution in [0.1, 0.15) is 18.7 Å². The number of nitrogens with one attached hydrogen (secondary N) is 1. The summed E-state index contributed by atoms with van der Waals surface area (Å²) in [6.07, 6.45) is 1.50. The highest BCUT2D eigenvalue weighted by Gasteiger charge is 2.67. The summed E-state index contributed by atoms with van der Waals surface area (Å²) in [4.78, 5) is 40.0. The molecule has 1 N–H and O–H groups in total. The van der Waals surface area contributed by atoms with Crippen molar-refractivity contribution in [2.75, 3.05) is 12.0 Å². The molecule has 0 aliphatic carbocycles. The van der Waals surface area contributed by atoms with Crippen molar-refractivity contribution in [3.05, 3.63) is 54.5 Å². The van der Waals surface area contributed by atoms with E-state index in [2.05, 4.69) is 5.32 Å². The summed E-state index contributed by atoms with van der Waals surface area (Å²) in [6, 6.07) is 11.5. The maximum absolute atomic E-state index is 13.2. The second-order valence-electron chi connectivity index (χ2n) is 6.68. The van der Waals surface area contributed by atoms with Gasteiger partial charge in [-0.25, -0.2) is 4.90 Å². The summed E-state index contributed by atoms with van der Waals surface area (Å²) >= 11 is 0. The quantitative estimate of drug-likeness (QED) is 0.666. The molecule has 3 heterocycles. The van der Waals surface area contributed by atoms with Gasteiger partial charge in [0.25, 0.3) is 0 Å². The van der Waals surface area contributed by atoms with Crippen molar-refractivity contribution in [1.29, 1.82) is 0 Å². The molecule has 7 nitrogen and oxygen atoms in total. The molecule has 0 bridgehead atoms.